The molecule has 1 aromatic carbocycles. The lowest BCUT2D eigenvalue weighted by molar-refractivity contribution is 0.0711. The number of hydrogen-bond donors (Lipinski definition) is 3. The molecule has 2 aromatic heterocycles. The fourth-order valence-electron chi connectivity index (χ4n) is 2.49. The Hall–Kier alpha value is -2.68. The van der Waals surface area contributed by atoms with Crippen LogP contribution >= 0.6 is 22.7 Å². The summed E-state index contributed by atoms with van der Waals surface area (Å²) in [5.74, 6) is -0.0988. The molecule has 1 unspecified atom stereocenters. The topological polar surface area (TPSA) is 87.7 Å². The van der Waals surface area contributed by atoms with Crippen LogP contribution in [0.5, 0.6) is 5.75 Å². The molecule has 140 valence electrons. The first kappa shape index (κ1) is 19.1. The number of ether oxygens (including phenoxy) is 1. The van der Waals surface area contributed by atoms with E-state index in [-0.39, 0.29) is 16.8 Å². The van der Waals surface area contributed by atoms with Gasteiger partial charge in [-0.25, -0.2) is 5.48 Å². The average molecular weight is 402 g/mol. The van der Waals surface area contributed by atoms with Crippen LogP contribution in [0.1, 0.15) is 37.2 Å². The predicted octanol–water partition coefficient (Wildman–Crippen LogP) is 4.10. The second-order valence-electron chi connectivity index (χ2n) is 5.73. The molecular weight excluding hydrogens is 384 g/mol. The minimum absolute atomic E-state index is 0.181. The summed E-state index contributed by atoms with van der Waals surface area (Å²) in [5, 5.41) is 11.6. The van der Waals surface area contributed by atoms with Gasteiger partial charge in [-0.2, -0.15) is 0 Å². The van der Waals surface area contributed by atoms with Gasteiger partial charge in [0.1, 0.15) is 5.75 Å². The Morgan fingerprint density at radius 2 is 1.78 bits per heavy atom. The van der Waals surface area contributed by atoms with Crippen LogP contribution in [0.15, 0.2) is 48.5 Å². The number of carbonyl (C=O) groups is 2. The van der Waals surface area contributed by atoms with Crippen LogP contribution in [0, 0.1) is 0 Å². The summed E-state index contributed by atoms with van der Waals surface area (Å²) in [6, 6.07) is 14.7. The molecule has 0 bridgehead atoms. The summed E-state index contributed by atoms with van der Waals surface area (Å²) >= 11 is 2.62. The van der Waals surface area contributed by atoms with Gasteiger partial charge in [0.05, 0.1) is 22.9 Å². The Bertz CT molecular complexity index is 964. The van der Waals surface area contributed by atoms with Crippen LogP contribution in [-0.4, -0.2) is 24.1 Å². The molecule has 3 rings (SSSR count). The highest BCUT2D eigenvalue weighted by Crippen LogP contribution is 2.33. The Morgan fingerprint density at radius 3 is 2.48 bits per heavy atom. The van der Waals surface area contributed by atoms with Gasteiger partial charge in [0.15, 0.2) is 0 Å². The minimum Gasteiger partial charge on any atom is -0.497 e. The first-order valence-corrected chi connectivity index (χ1v) is 9.74. The quantitative estimate of drug-likeness (QED) is 0.428. The van der Waals surface area contributed by atoms with E-state index >= 15 is 0 Å². The van der Waals surface area contributed by atoms with E-state index in [1.807, 2.05) is 43.3 Å². The van der Waals surface area contributed by atoms with Gasteiger partial charge in [0.25, 0.3) is 11.8 Å². The normalized spacial score (nSPS) is 11.7. The number of amides is 2. The molecule has 3 aromatic rings. The molecule has 2 amide bonds. The van der Waals surface area contributed by atoms with Crippen molar-refractivity contribution in [1.82, 2.24) is 10.8 Å². The van der Waals surface area contributed by atoms with Gasteiger partial charge in [0.2, 0.25) is 0 Å². The van der Waals surface area contributed by atoms with E-state index in [1.54, 1.807) is 30.0 Å². The van der Waals surface area contributed by atoms with Crippen LogP contribution in [0.3, 0.4) is 0 Å². The Balaban J connectivity index is 1.70. The summed E-state index contributed by atoms with van der Waals surface area (Å²) < 4.78 is 5.26. The van der Waals surface area contributed by atoms with Gasteiger partial charge in [-0.05, 0) is 48.9 Å². The second kappa shape index (κ2) is 8.34. The van der Waals surface area contributed by atoms with E-state index in [0.29, 0.717) is 4.88 Å². The van der Waals surface area contributed by atoms with Crippen molar-refractivity contribution in [3.8, 4) is 16.2 Å². The number of methoxy groups -OCH3 is 1. The number of carbonyl (C=O) groups excluding carboxylic acids is 2. The largest absolute Gasteiger partial charge is 0.497 e. The highest BCUT2D eigenvalue weighted by atomic mass is 32.1. The Morgan fingerprint density at radius 1 is 1.04 bits per heavy atom. The van der Waals surface area contributed by atoms with Gasteiger partial charge in [-0.15, -0.1) is 22.7 Å². The molecule has 0 aliphatic carbocycles. The van der Waals surface area contributed by atoms with Crippen molar-refractivity contribution in [1.29, 1.82) is 0 Å². The molecule has 0 aliphatic rings. The number of hydroxylamine groups is 1. The van der Waals surface area contributed by atoms with E-state index in [0.717, 1.165) is 32.4 Å². The summed E-state index contributed by atoms with van der Waals surface area (Å²) in [6.45, 7) is 1.91. The van der Waals surface area contributed by atoms with Crippen LogP contribution < -0.4 is 15.5 Å². The maximum atomic E-state index is 12.4. The van der Waals surface area contributed by atoms with Crippen molar-refractivity contribution in [3.05, 3.63) is 63.2 Å². The van der Waals surface area contributed by atoms with Gasteiger partial charge in [-0.3, -0.25) is 14.8 Å². The molecule has 0 radical (unpaired) electrons. The summed E-state index contributed by atoms with van der Waals surface area (Å²) in [7, 11) is 1.64. The van der Waals surface area contributed by atoms with Gasteiger partial charge in [0, 0.05) is 9.75 Å². The number of hydrogen-bond acceptors (Lipinski definition) is 6. The fourth-order valence-corrected chi connectivity index (χ4v) is 4.30. The molecule has 1 atom stereocenters. The molecule has 8 heteroatoms. The molecule has 0 fully saturated rings. The molecule has 0 saturated carbocycles. The van der Waals surface area contributed by atoms with Crippen molar-refractivity contribution in [2.24, 2.45) is 0 Å². The van der Waals surface area contributed by atoms with Crippen molar-refractivity contribution in [2.45, 2.75) is 13.0 Å². The Kier molecular flexibility index (Phi) is 5.90. The minimum atomic E-state index is -0.631. The third-order valence-corrected chi connectivity index (χ3v) is 6.31. The van der Waals surface area contributed by atoms with Gasteiger partial charge < -0.3 is 10.1 Å². The van der Waals surface area contributed by atoms with E-state index < -0.39 is 5.91 Å². The van der Waals surface area contributed by atoms with Crippen molar-refractivity contribution in [2.75, 3.05) is 7.11 Å². The van der Waals surface area contributed by atoms with Crippen LogP contribution in [0.25, 0.3) is 10.4 Å². The third kappa shape index (κ3) is 4.36. The van der Waals surface area contributed by atoms with E-state index in [9.17, 15) is 9.59 Å². The summed E-state index contributed by atoms with van der Waals surface area (Å²) in [5.41, 5.74) is 2.62. The summed E-state index contributed by atoms with van der Waals surface area (Å²) in [6.07, 6.45) is 0. The highest BCUT2D eigenvalue weighted by molar-refractivity contribution is 7.16. The highest BCUT2D eigenvalue weighted by Gasteiger charge is 2.17. The lowest BCUT2D eigenvalue weighted by Gasteiger charge is -2.11. The molecule has 0 aliphatic heterocycles. The lowest BCUT2D eigenvalue weighted by atomic mass is 10.2. The van der Waals surface area contributed by atoms with Crippen molar-refractivity contribution < 1.29 is 19.5 Å². The van der Waals surface area contributed by atoms with E-state index in [1.165, 1.54) is 6.07 Å². The summed E-state index contributed by atoms with van der Waals surface area (Å²) in [4.78, 5) is 26.6. The molecule has 0 spiro atoms. The average Bonchev–Trinajstić information content (AvgIpc) is 3.37. The van der Waals surface area contributed by atoms with Crippen molar-refractivity contribution in [3.63, 3.8) is 0 Å². The molecule has 2 heterocycles. The fraction of sp³-hybridized carbons (Fsp3) is 0.158. The number of benzene rings is 1. The van der Waals surface area contributed by atoms with Crippen LogP contribution in [0.4, 0.5) is 0 Å². The zero-order valence-electron chi connectivity index (χ0n) is 14.7. The maximum absolute atomic E-state index is 12.4. The van der Waals surface area contributed by atoms with Crippen LogP contribution in [-0.2, 0) is 0 Å². The van der Waals surface area contributed by atoms with Crippen molar-refractivity contribution >= 4 is 34.5 Å². The number of thiophene rings is 2. The molecule has 27 heavy (non-hydrogen) atoms. The number of rotatable bonds is 6. The van der Waals surface area contributed by atoms with Gasteiger partial charge in [-0.1, -0.05) is 12.1 Å². The molecular formula is C19H18N2O4S2. The smallest absolute Gasteiger partial charge is 0.284 e. The first-order valence-electron chi connectivity index (χ1n) is 8.11. The monoisotopic (exact) mass is 402 g/mol. The van der Waals surface area contributed by atoms with E-state index in [2.05, 4.69) is 5.32 Å². The maximum Gasteiger partial charge on any atom is 0.284 e. The first-order chi connectivity index (χ1) is 13.0. The van der Waals surface area contributed by atoms with Crippen LogP contribution in [0.2, 0.25) is 0 Å². The van der Waals surface area contributed by atoms with E-state index in [4.69, 9.17) is 9.94 Å². The zero-order valence-corrected chi connectivity index (χ0v) is 16.3. The predicted molar refractivity (Wildman–Crippen MR) is 106 cm³/mol. The lowest BCUT2D eigenvalue weighted by Crippen LogP contribution is -2.25. The molecule has 6 nitrogen and oxygen atoms in total. The SMILES string of the molecule is COc1cccc(-c2ccc(C(C)NC(=O)c3ccc(C(=O)NO)s3)s2)c1. The molecule has 3 N–H and O–H groups in total. The zero-order chi connectivity index (χ0) is 19.4. The standard InChI is InChI=1S/C19H18N2O4S2/c1-11(20-18(22)16-8-9-17(27-16)19(23)21-24)14-6-7-15(26-14)12-4-3-5-13(10-12)25-2/h3-11,24H,1-2H3,(H,20,22)(H,21,23). The molecule has 0 saturated heterocycles. The Labute approximate surface area is 164 Å². The van der Waals surface area contributed by atoms with Gasteiger partial charge >= 0.3 is 0 Å². The third-order valence-electron chi connectivity index (χ3n) is 3.91. The second-order valence-corrected chi connectivity index (χ2v) is 7.93. The number of nitrogens with one attached hydrogen (secondary N) is 2.